The zero-order valence-electron chi connectivity index (χ0n) is 18.3. The van der Waals surface area contributed by atoms with Crippen molar-refractivity contribution in [1.29, 1.82) is 0 Å². The second-order valence-corrected chi connectivity index (χ2v) is 8.00. The summed E-state index contributed by atoms with van der Waals surface area (Å²) in [6.45, 7) is 0.359. The molecule has 0 radical (unpaired) electrons. The van der Waals surface area contributed by atoms with Gasteiger partial charge in [0.15, 0.2) is 5.78 Å². The molecule has 1 atom stereocenters. The number of fused-ring (bicyclic) bond motifs is 1. The first-order valence-electron chi connectivity index (χ1n) is 11.0. The van der Waals surface area contributed by atoms with Crippen molar-refractivity contribution in [2.24, 2.45) is 5.73 Å². The summed E-state index contributed by atoms with van der Waals surface area (Å²) in [5, 5.41) is 0. The standard InChI is InChI=1S/C28H22N2O4/c29-28(32)20-8-6-19(7-9-20)27(21-12-14-30-24(16-21)18-4-2-1-3-5-18)34-22-10-11-23-25(31)13-15-33-26(23)17-22/h1-12,14,16-17,27H,13,15H2,(H2,29,32). The summed E-state index contributed by atoms with van der Waals surface area (Å²) < 4.78 is 12.1. The third kappa shape index (κ3) is 4.38. The topological polar surface area (TPSA) is 91.5 Å². The summed E-state index contributed by atoms with van der Waals surface area (Å²) in [5.41, 5.74) is 9.94. The second-order valence-electron chi connectivity index (χ2n) is 8.00. The Labute approximate surface area is 197 Å². The lowest BCUT2D eigenvalue weighted by atomic mass is 9.98. The Morgan fingerprint density at radius 2 is 1.74 bits per heavy atom. The highest BCUT2D eigenvalue weighted by Crippen LogP contribution is 2.34. The summed E-state index contributed by atoms with van der Waals surface area (Å²) in [6.07, 6.45) is 1.63. The van der Waals surface area contributed by atoms with Crippen LogP contribution in [0.5, 0.6) is 11.5 Å². The van der Waals surface area contributed by atoms with Crippen LogP contribution in [-0.4, -0.2) is 23.3 Å². The highest BCUT2D eigenvalue weighted by Gasteiger charge is 2.22. The average Bonchev–Trinajstić information content (AvgIpc) is 2.88. The Bertz CT molecular complexity index is 1350. The Balaban J connectivity index is 1.54. The first kappa shape index (κ1) is 21.4. The first-order valence-corrected chi connectivity index (χ1v) is 11.0. The molecule has 6 nitrogen and oxygen atoms in total. The first-order chi connectivity index (χ1) is 16.6. The molecule has 4 aromatic rings. The SMILES string of the molecule is NC(=O)c1ccc(C(Oc2ccc3c(c2)OCCC3=O)c2ccnc(-c3ccccc3)c2)cc1. The van der Waals surface area contributed by atoms with E-state index in [1.807, 2.05) is 54.6 Å². The molecule has 2 heterocycles. The molecule has 0 saturated heterocycles. The van der Waals surface area contributed by atoms with Gasteiger partial charge in [-0.3, -0.25) is 14.6 Å². The highest BCUT2D eigenvalue weighted by molar-refractivity contribution is 5.99. The summed E-state index contributed by atoms with van der Waals surface area (Å²) in [7, 11) is 0. The third-order valence-electron chi connectivity index (χ3n) is 5.75. The van der Waals surface area contributed by atoms with Gasteiger partial charge in [-0.2, -0.15) is 0 Å². The largest absolute Gasteiger partial charge is 0.492 e. The van der Waals surface area contributed by atoms with Gasteiger partial charge < -0.3 is 15.2 Å². The van der Waals surface area contributed by atoms with Crippen LogP contribution in [0, 0.1) is 0 Å². The fraction of sp³-hybridized carbons (Fsp3) is 0.107. The number of Topliss-reactive ketones (excluding diaryl/α,β-unsaturated/α-hetero) is 1. The number of hydrogen-bond donors (Lipinski definition) is 1. The summed E-state index contributed by atoms with van der Waals surface area (Å²) in [4.78, 5) is 28.2. The van der Waals surface area contributed by atoms with E-state index in [1.54, 1.807) is 36.5 Å². The maximum absolute atomic E-state index is 12.2. The predicted molar refractivity (Wildman–Crippen MR) is 128 cm³/mol. The van der Waals surface area contributed by atoms with E-state index in [0.29, 0.717) is 35.7 Å². The molecule has 1 aromatic heterocycles. The van der Waals surface area contributed by atoms with Crippen LogP contribution in [0.1, 0.15) is 44.4 Å². The van der Waals surface area contributed by atoms with Gasteiger partial charge >= 0.3 is 0 Å². The van der Waals surface area contributed by atoms with Crippen molar-refractivity contribution >= 4 is 11.7 Å². The van der Waals surface area contributed by atoms with Crippen molar-refractivity contribution < 1.29 is 19.1 Å². The quantitative estimate of drug-likeness (QED) is 0.447. The van der Waals surface area contributed by atoms with Crippen molar-refractivity contribution in [3.05, 3.63) is 113 Å². The highest BCUT2D eigenvalue weighted by atomic mass is 16.5. The van der Waals surface area contributed by atoms with Crippen molar-refractivity contribution in [2.75, 3.05) is 6.61 Å². The number of rotatable bonds is 6. The second kappa shape index (κ2) is 9.19. The van der Waals surface area contributed by atoms with Gasteiger partial charge in [-0.15, -0.1) is 0 Å². The fourth-order valence-corrected chi connectivity index (χ4v) is 3.98. The van der Waals surface area contributed by atoms with Crippen LogP contribution < -0.4 is 15.2 Å². The van der Waals surface area contributed by atoms with E-state index < -0.39 is 12.0 Å². The molecule has 0 saturated carbocycles. The number of benzene rings is 3. The number of ketones is 1. The summed E-state index contributed by atoms with van der Waals surface area (Å²) >= 11 is 0. The van der Waals surface area contributed by atoms with E-state index in [9.17, 15) is 9.59 Å². The molecule has 0 fully saturated rings. The van der Waals surface area contributed by atoms with E-state index in [1.165, 1.54) is 0 Å². The average molecular weight is 450 g/mol. The molecule has 3 aromatic carbocycles. The minimum Gasteiger partial charge on any atom is -0.492 e. The minimum atomic E-state index is -0.496. The molecule has 34 heavy (non-hydrogen) atoms. The van der Waals surface area contributed by atoms with Gasteiger partial charge in [0.25, 0.3) is 0 Å². The monoisotopic (exact) mass is 450 g/mol. The Kier molecular flexibility index (Phi) is 5.79. The molecule has 1 amide bonds. The number of aromatic nitrogens is 1. The van der Waals surface area contributed by atoms with Crippen molar-refractivity contribution in [3.63, 3.8) is 0 Å². The summed E-state index contributed by atoms with van der Waals surface area (Å²) in [5.74, 6) is 0.663. The molecular weight excluding hydrogens is 428 g/mol. The zero-order chi connectivity index (χ0) is 23.5. The number of hydrogen-bond acceptors (Lipinski definition) is 5. The maximum Gasteiger partial charge on any atom is 0.248 e. The van der Waals surface area contributed by atoms with Gasteiger partial charge in [-0.1, -0.05) is 42.5 Å². The van der Waals surface area contributed by atoms with Crippen LogP contribution in [0.4, 0.5) is 0 Å². The van der Waals surface area contributed by atoms with Crippen LogP contribution in [0.2, 0.25) is 0 Å². The van der Waals surface area contributed by atoms with Crippen molar-refractivity contribution in [1.82, 2.24) is 4.98 Å². The predicted octanol–water partition coefficient (Wildman–Crippen LogP) is 4.98. The lowest BCUT2D eigenvalue weighted by molar-refractivity contribution is 0.0932. The minimum absolute atomic E-state index is 0.0630. The summed E-state index contributed by atoms with van der Waals surface area (Å²) in [6, 6.07) is 26.1. The Morgan fingerprint density at radius 3 is 2.50 bits per heavy atom. The fourth-order valence-electron chi connectivity index (χ4n) is 3.98. The molecule has 6 heteroatoms. The number of ether oxygens (including phenoxy) is 2. The Hall–Kier alpha value is -4.45. The van der Waals surface area contributed by atoms with Crippen LogP contribution in [-0.2, 0) is 0 Å². The van der Waals surface area contributed by atoms with Crippen molar-refractivity contribution in [3.8, 4) is 22.8 Å². The van der Waals surface area contributed by atoms with E-state index >= 15 is 0 Å². The van der Waals surface area contributed by atoms with E-state index in [-0.39, 0.29) is 5.78 Å². The van der Waals surface area contributed by atoms with E-state index in [4.69, 9.17) is 15.2 Å². The van der Waals surface area contributed by atoms with Gasteiger partial charge in [-0.25, -0.2) is 0 Å². The molecule has 1 unspecified atom stereocenters. The molecule has 0 aliphatic carbocycles. The van der Waals surface area contributed by atoms with Crippen LogP contribution in [0.15, 0.2) is 91.1 Å². The number of carbonyl (C=O) groups is 2. The van der Waals surface area contributed by atoms with Gasteiger partial charge in [0.1, 0.15) is 17.6 Å². The van der Waals surface area contributed by atoms with E-state index in [2.05, 4.69) is 4.98 Å². The van der Waals surface area contributed by atoms with Gasteiger partial charge in [0, 0.05) is 35.4 Å². The van der Waals surface area contributed by atoms with Crippen molar-refractivity contribution in [2.45, 2.75) is 12.5 Å². The molecule has 5 rings (SSSR count). The van der Waals surface area contributed by atoms with Crippen LogP contribution in [0.25, 0.3) is 11.3 Å². The number of nitrogens with zero attached hydrogens (tertiary/aromatic N) is 1. The normalized spacial score (nSPS) is 13.5. The van der Waals surface area contributed by atoms with Gasteiger partial charge in [0.2, 0.25) is 5.91 Å². The van der Waals surface area contributed by atoms with Gasteiger partial charge in [0.05, 0.1) is 17.9 Å². The number of primary amides is 1. The molecule has 0 spiro atoms. The molecule has 168 valence electrons. The number of amides is 1. The lowest BCUT2D eigenvalue weighted by Crippen LogP contribution is -2.16. The molecule has 1 aliphatic heterocycles. The smallest absolute Gasteiger partial charge is 0.248 e. The van der Waals surface area contributed by atoms with E-state index in [0.717, 1.165) is 22.4 Å². The third-order valence-corrected chi connectivity index (χ3v) is 5.75. The molecule has 1 aliphatic rings. The lowest BCUT2D eigenvalue weighted by Gasteiger charge is -2.23. The molecule has 2 N–H and O–H groups in total. The van der Waals surface area contributed by atoms with Crippen LogP contribution in [0.3, 0.4) is 0 Å². The van der Waals surface area contributed by atoms with Crippen LogP contribution >= 0.6 is 0 Å². The number of nitrogens with two attached hydrogens (primary N) is 1. The van der Waals surface area contributed by atoms with Gasteiger partial charge in [-0.05, 0) is 42.0 Å². The molecule has 0 bridgehead atoms. The number of pyridine rings is 1. The molecular formula is C28H22N2O4. The zero-order valence-corrected chi connectivity index (χ0v) is 18.3. The Morgan fingerprint density at radius 1 is 0.941 bits per heavy atom. The number of carbonyl (C=O) groups excluding carboxylic acids is 2. The maximum atomic E-state index is 12.2.